The first kappa shape index (κ1) is 25.2. The Kier molecular flexibility index (Phi) is 6.81. The minimum absolute atomic E-state index is 1.26. The average Bonchev–Trinajstić information content (AvgIpc) is 3.54. The summed E-state index contributed by atoms with van der Waals surface area (Å²) < 4.78 is 0. The highest BCUT2D eigenvalue weighted by molar-refractivity contribution is 7.19. The van der Waals surface area contributed by atoms with Gasteiger partial charge in [0.15, 0.2) is 0 Å². The molecule has 0 atom stereocenters. The van der Waals surface area contributed by atoms with Gasteiger partial charge < -0.3 is 0 Å². The monoisotopic (exact) mass is 538 g/mol. The highest BCUT2D eigenvalue weighted by atomic mass is 32.1. The van der Waals surface area contributed by atoms with Gasteiger partial charge in [0.05, 0.1) is 16.1 Å². The maximum absolute atomic E-state index is 2.40. The van der Waals surface area contributed by atoms with Gasteiger partial charge in [-0.25, -0.2) is 0 Å². The lowest BCUT2D eigenvalue weighted by Gasteiger charge is -2.16. The molecule has 2 aromatic heterocycles. The van der Waals surface area contributed by atoms with E-state index in [1.165, 1.54) is 52.1 Å². The number of hydrogen-bond acceptors (Lipinski definition) is 2. The van der Waals surface area contributed by atoms with Crippen LogP contribution in [0.5, 0.6) is 0 Å². The number of benzene rings is 3. The highest BCUT2D eigenvalue weighted by Gasteiger charge is 2.17. The second kappa shape index (κ2) is 9.75. The van der Waals surface area contributed by atoms with Crippen molar-refractivity contribution in [2.45, 2.75) is 39.3 Å². The topological polar surface area (TPSA) is 0 Å². The lowest BCUT2D eigenvalue weighted by Crippen LogP contribution is -2.37. The zero-order chi connectivity index (χ0) is 25.5. The van der Waals surface area contributed by atoms with Crippen LogP contribution in [0.1, 0.15) is 0 Å². The summed E-state index contributed by atoms with van der Waals surface area (Å²) in [6.45, 7) is 14.4. The largest absolute Gasteiger partial charge is 0.135 e. The van der Waals surface area contributed by atoms with E-state index < -0.39 is 16.1 Å². The van der Waals surface area contributed by atoms with E-state index in [9.17, 15) is 0 Å². The molecule has 0 aliphatic rings. The van der Waals surface area contributed by atoms with E-state index in [0.717, 1.165) is 0 Å². The summed E-state index contributed by atoms with van der Waals surface area (Å²) in [6.07, 6.45) is 0. The fourth-order valence-electron chi connectivity index (χ4n) is 4.36. The Morgan fingerprint density at radius 2 is 0.556 bits per heavy atom. The molecule has 4 heteroatoms. The van der Waals surface area contributed by atoms with Crippen molar-refractivity contribution in [1.29, 1.82) is 0 Å². The van der Waals surface area contributed by atoms with Crippen molar-refractivity contribution < 1.29 is 0 Å². The highest BCUT2D eigenvalue weighted by Crippen LogP contribution is 2.37. The van der Waals surface area contributed by atoms with E-state index in [2.05, 4.69) is 136 Å². The molecule has 0 N–H and O–H groups in total. The van der Waals surface area contributed by atoms with Gasteiger partial charge >= 0.3 is 0 Å². The summed E-state index contributed by atoms with van der Waals surface area (Å²) in [4.78, 5) is 5.30. The molecule has 36 heavy (non-hydrogen) atoms. The molecule has 5 aromatic rings. The van der Waals surface area contributed by atoms with Crippen LogP contribution in [-0.4, -0.2) is 16.1 Å². The van der Waals surface area contributed by atoms with Gasteiger partial charge in [-0.15, -0.1) is 22.7 Å². The van der Waals surface area contributed by atoms with Crippen LogP contribution in [0.25, 0.3) is 41.8 Å². The van der Waals surface area contributed by atoms with E-state index in [-0.39, 0.29) is 0 Å². The van der Waals surface area contributed by atoms with Crippen LogP contribution in [0.2, 0.25) is 39.3 Å². The molecule has 2 heterocycles. The van der Waals surface area contributed by atoms with Crippen molar-refractivity contribution in [2.75, 3.05) is 0 Å². The minimum atomic E-state index is -1.26. The number of thiophene rings is 2. The molecule has 0 saturated carbocycles. The third-order valence-electron chi connectivity index (χ3n) is 6.74. The zero-order valence-electron chi connectivity index (χ0n) is 22.1. The molecule has 0 aliphatic carbocycles. The van der Waals surface area contributed by atoms with Crippen molar-refractivity contribution in [3.05, 3.63) is 97.1 Å². The molecule has 0 aliphatic heterocycles. The van der Waals surface area contributed by atoms with E-state index in [1.807, 2.05) is 22.7 Å². The lowest BCUT2D eigenvalue weighted by atomic mass is 10.1. The summed E-state index contributed by atoms with van der Waals surface area (Å²) in [7, 11) is -2.52. The fourth-order valence-corrected chi connectivity index (χ4v) is 8.73. The summed E-state index contributed by atoms with van der Waals surface area (Å²) in [5, 5.41) is 3.03. The molecule has 0 amide bonds. The zero-order valence-corrected chi connectivity index (χ0v) is 25.7. The van der Waals surface area contributed by atoms with Gasteiger partial charge in [0.25, 0.3) is 0 Å². The van der Waals surface area contributed by atoms with E-state index in [1.54, 1.807) is 0 Å². The summed E-state index contributed by atoms with van der Waals surface area (Å²) in [6, 6.07) is 36.6. The number of rotatable bonds is 6. The quantitative estimate of drug-likeness (QED) is 0.189. The van der Waals surface area contributed by atoms with Gasteiger partial charge in [-0.05, 0) is 46.5 Å². The van der Waals surface area contributed by atoms with Crippen molar-refractivity contribution in [3.63, 3.8) is 0 Å². The molecular formula is C32H34S2Si2. The predicted molar refractivity (Wildman–Crippen MR) is 170 cm³/mol. The van der Waals surface area contributed by atoms with Crippen LogP contribution < -0.4 is 10.4 Å². The van der Waals surface area contributed by atoms with E-state index >= 15 is 0 Å². The van der Waals surface area contributed by atoms with Gasteiger partial charge in [0.1, 0.15) is 0 Å². The maximum Gasteiger partial charge on any atom is 0.0775 e. The third-order valence-corrected chi connectivity index (χ3v) is 13.2. The summed E-state index contributed by atoms with van der Waals surface area (Å²) in [5.74, 6) is 0. The fraction of sp³-hybridized carbons (Fsp3) is 0.188. The predicted octanol–water partition coefficient (Wildman–Crippen LogP) is 9.57. The van der Waals surface area contributed by atoms with Gasteiger partial charge in [-0.1, -0.05) is 122 Å². The Hall–Kier alpha value is -2.51. The Morgan fingerprint density at radius 1 is 0.333 bits per heavy atom. The average molecular weight is 539 g/mol. The normalized spacial score (nSPS) is 12.2. The van der Waals surface area contributed by atoms with Gasteiger partial charge in [-0.3, -0.25) is 0 Å². The minimum Gasteiger partial charge on any atom is -0.135 e. The van der Waals surface area contributed by atoms with Crippen LogP contribution in [0.4, 0.5) is 0 Å². The van der Waals surface area contributed by atoms with Crippen molar-refractivity contribution in [2.24, 2.45) is 0 Å². The Labute approximate surface area is 226 Å². The first-order chi connectivity index (χ1) is 17.1. The van der Waals surface area contributed by atoms with E-state index in [0.29, 0.717) is 0 Å². The van der Waals surface area contributed by atoms with Gasteiger partial charge in [-0.2, -0.15) is 0 Å². The molecule has 0 fully saturated rings. The lowest BCUT2D eigenvalue weighted by molar-refractivity contribution is 1.67. The first-order valence-corrected chi connectivity index (χ1v) is 21.2. The van der Waals surface area contributed by atoms with Crippen LogP contribution in [0.15, 0.2) is 97.1 Å². The Morgan fingerprint density at radius 3 is 0.778 bits per heavy atom. The van der Waals surface area contributed by atoms with Gasteiger partial charge in [0.2, 0.25) is 0 Å². The molecule has 5 rings (SSSR count). The Bertz CT molecular complexity index is 1340. The molecule has 182 valence electrons. The second-order valence-electron chi connectivity index (χ2n) is 11.6. The van der Waals surface area contributed by atoms with Crippen molar-refractivity contribution >= 4 is 49.2 Å². The molecule has 0 radical (unpaired) electrons. The Balaban J connectivity index is 1.32. The van der Waals surface area contributed by atoms with Crippen LogP contribution in [0.3, 0.4) is 0 Å². The SMILES string of the molecule is C[Si](C)(C)c1ccc(-c2ccc(-c3ccc(-c4ccc(-c5ccc([Si](C)(C)C)cc5)s4)cc3)s2)cc1. The maximum atomic E-state index is 2.40. The molecule has 3 aromatic carbocycles. The van der Waals surface area contributed by atoms with Crippen LogP contribution >= 0.6 is 22.7 Å². The third kappa shape index (κ3) is 5.42. The molecule has 0 spiro atoms. The summed E-state index contributed by atoms with van der Waals surface area (Å²) >= 11 is 3.75. The number of hydrogen-bond donors (Lipinski definition) is 0. The van der Waals surface area contributed by atoms with Crippen molar-refractivity contribution in [1.82, 2.24) is 0 Å². The smallest absolute Gasteiger partial charge is 0.0775 e. The second-order valence-corrected chi connectivity index (χ2v) is 23.9. The molecule has 0 nitrogen and oxygen atoms in total. The van der Waals surface area contributed by atoms with E-state index in [4.69, 9.17) is 0 Å². The molecule has 0 saturated heterocycles. The molecule has 0 bridgehead atoms. The molecular weight excluding hydrogens is 505 g/mol. The summed E-state index contributed by atoms with van der Waals surface area (Å²) in [5.41, 5.74) is 5.20. The van der Waals surface area contributed by atoms with Crippen LogP contribution in [0, 0.1) is 0 Å². The van der Waals surface area contributed by atoms with Crippen LogP contribution in [-0.2, 0) is 0 Å². The molecule has 0 unspecified atom stereocenters. The first-order valence-electron chi connectivity index (χ1n) is 12.6. The standard InChI is InChI=1S/C32H34S2Si2/c1-35(2,3)27-15-11-25(12-16-27)31-21-19-29(33-31)23-7-9-24(10-8-23)30-20-22-32(34-30)26-13-17-28(18-14-26)36(4,5)6/h7-22H,1-6H3. The van der Waals surface area contributed by atoms with Gasteiger partial charge in [0, 0.05) is 19.5 Å². The van der Waals surface area contributed by atoms with Crippen molar-refractivity contribution in [3.8, 4) is 41.8 Å².